The summed E-state index contributed by atoms with van der Waals surface area (Å²) in [6, 6.07) is 7.37. The van der Waals surface area contributed by atoms with E-state index in [-0.39, 0.29) is 12.1 Å². The monoisotopic (exact) mass is 285 g/mol. The van der Waals surface area contributed by atoms with Crippen LogP contribution in [0.1, 0.15) is 51.1 Å². The molecule has 5 nitrogen and oxygen atoms in total. The lowest BCUT2D eigenvalue weighted by atomic mass is 10.0. The van der Waals surface area contributed by atoms with Crippen molar-refractivity contribution in [1.82, 2.24) is 9.97 Å². The van der Waals surface area contributed by atoms with E-state index in [4.69, 9.17) is 10.00 Å². The van der Waals surface area contributed by atoms with E-state index < -0.39 is 0 Å². The number of fused-ring (bicyclic) bond motifs is 1. The zero-order valence-electron chi connectivity index (χ0n) is 12.5. The Morgan fingerprint density at radius 2 is 2.19 bits per heavy atom. The Labute approximate surface area is 123 Å². The second kappa shape index (κ2) is 6.40. The predicted octanol–water partition coefficient (Wildman–Crippen LogP) is 3.47. The van der Waals surface area contributed by atoms with Gasteiger partial charge in [0.25, 0.3) is 0 Å². The maximum absolute atomic E-state index is 11.3. The van der Waals surface area contributed by atoms with Crippen LogP contribution < -0.4 is 0 Å². The summed E-state index contributed by atoms with van der Waals surface area (Å²) in [5, 5.41) is 8.92. The third kappa shape index (κ3) is 3.82. The smallest absolute Gasteiger partial charge is 0.303 e. The average Bonchev–Trinajstić information content (AvgIpc) is 2.85. The maximum atomic E-state index is 11.3. The zero-order valence-corrected chi connectivity index (χ0v) is 12.5. The molecular weight excluding hydrogens is 266 g/mol. The van der Waals surface area contributed by atoms with Crippen LogP contribution in [0.5, 0.6) is 0 Å². The van der Waals surface area contributed by atoms with Gasteiger partial charge in [-0.2, -0.15) is 5.26 Å². The summed E-state index contributed by atoms with van der Waals surface area (Å²) < 4.78 is 5.38. The van der Waals surface area contributed by atoms with E-state index in [1.807, 2.05) is 6.07 Å². The van der Waals surface area contributed by atoms with Crippen molar-refractivity contribution in [3.05, 3.63) is 29.6 Å². The molecule has 0 fully saturated rings. The van der Waals surface area contributed by atoms with E-state index in [0.29, 0.717) is 22.8 Å². The van der Waals surface area contributed by atoms with Crippen LogP contribution in [-0.4, -0.2) is 15.9 Å². The first-order valence-corrected chi connectivity index (χ1v) is 7.06. The number of carbonyl (C=O) groups is 1. The van der Waals surface area contributed by atoms with Gasteiger partial charge in [-0.1, -0.05) is 13.8 Å². The topological polar surface area (TPSA) is 78.8 Å². The molecule has 2 rings (SSSR count). The fraction of sp³-hybridized carbons (Fsp3) is 0.438. The standard InChI is InChI=1S/C16H19N3O2/c1-10(2)4-7-15(21-11(3)20)16-18-13-6-5-12(9-17)8-14(13)19-16/h5-6,8,10,15H,4,7H2,1-3H3,(H,18,19). The van der Waals surface area contributed by atoms with Gasteiger partial charge < -0.3 is 9.72 Å². The van der Waals surface area contributed by atoms with E-state index >= 15 is 0 Å². The highest BCUT2D eigenvalue weighted by molar-refractivity contribution is 5.77. The molecular formula is C16H19N3O2. The van der Waals surface area contributed by atoms with Crippen LogP contribution in [0.15, 0.2) is 18.2 Å². The quantitative estimate of drug-likeness (QED) is 0.853. The van der Waals surface area contributed by atoms with Gasteiger partial charge in [-0.25, -0.2) is 4.98 Å². The van der Waals surface area contributed by atoms with Crippen LogP contribution in [0.3, 0.4) is 0 Å². The highest BCUT2D eigenvalue weighted by Crippen LogP contribution is 2.25. The Hall–Kier alpha value is -2.35. The van der Waals surface area contributed by atoms with Crippen molar-refractivity contribution >= 4 is 17.0 Å². The molecule has 0 saturated carbocycles. The fourth-order valence-electron chi connectivity index (χ4n) is 2.18. The van der Waals surface area contributed by atoms with E-state index in [1.165, 1.54) is 6.92 Å². The van der Waals surface area contributed by atoms with Gasteiger partial charge in [0.15, 0.2) is 6.10 Å². The summed E-state index contributed by atoms with van der Waals surface area (Å²) in [6.07, 6.45) is 1.29. The Morgan fingerprint density at radius 1 is 1.43 bits per heavy atom. The van der Waals surface area contributed by atoms with Crippen LogP contribution in [-0.2, 0) is 9.53 Å². The SMILES string of the molecule is CC(=O)OC(CCC(C)C)c1nc2cc(C#N)ccc2[nH]1. The number of nitriles is 1. The van der Waals surface area contributed by atoms with Crippen molar-refractivity contribution in [2.24, 2.45) is 5.92 Å². The second-order valence-electron chi connectivity index (χ2n) is 5.54. The molecule has 0 aliphatic carbocycles. The van der Waals surface area contributed by atoms with Gasteiger partial charge in [-0.05, 0) is 37.0 Å². The number of benzene rings is 1. The molecule has 1 aromatic carbocycles. The molecule has 0 radical (unpaired) electrons. The van der Waals surface area contributed by atoms with E-state index in [0.717, 1.165) is 18.4 Å². The first-order valence-electron chi connectivity index (χ1n) is 7.06. The molecule has 1 unspecified atom stereocenters. The molecule has 1 heterocycles. The molecule has 5 heteroatoms. The minimum absolute atomic E-state index is 0.318. The number of ether oxygens (including phenoxy) is 1. The van der Waals surface area contributed by atoms with Crippen molar-refractivity contribution in [2.75, 3.05) is 0 Å². The van der Waals surface area contributed by atoms with Crippen molar-refractivity contribution in [3.8, 4) is 6.07 Å². The first kappa shape index (κ1) is 15.0. The van der Waals surface area contributed by atoms with Crippen molar-refractivity contribution in [1.29, 1.82) is 5.26 Å². The number of rotatable bonds is 5. The minimum atomic E-state index is -0.372. The van der Waals surface area contributed by atoms with Gasteiger partial charge in [-0.3, -0.25) is 4.79 Å². The molecule has 2 aromatic rings. The summed E-state index contributed by atoms with van der Waals surface area (Å²) >= 11 is 0. The van der Waals surface area contributed by atoms with E-state index in [1.54, 1.807) is 12.1 Å². The van der Waals surface area contributed by atoms with Gasteiger partial charge in [0.1, 0.15) is 5.82 Å². The van der Waals surface area contributed by atoms with Crippen LogP contribution >= 0.6 is 0 Å². The lowest BCUT2D eigenvalue weighted by molar-refractivity contribution is -0.147. The summed E-state index contributed by atoms with van der Waals surface area (Å²) in [4.78, 5) is 18.9. The van der Waals surface area contributed by atoms with Gasteiger partial charge in [0.05, 0.1) is 22.7 Å². The molecule has 110 valence electrons. The van der Waals surface area contributed by atoms with E-state index in [9.17, 15) is 4.79 Å². The maximum Gasteiger partial charge on any atom is 0.303 e. The van der Waals surface area contributed by atoms with Gasteiger partial charge >= 0.3 is 5.97 Å². The molecule has 1 atom stereocenters. The fourth-order valence-corrected chi connectivity index (χ4v) is 2.18. The number of hydrogen-bond donors (Lipinski definition) is 1. The molecule has 1 aromatic heterocycles. The van der Waals surface area contributed by atoms with Crippen LogP contribution in [0, 0.1) is 17.2 Å². The average molecular weight is 285 g/mol. The molecule has 0 aliphatic rings. The largest absolute Gasteiger partial charge is 0.454 e. The third-order valence-electron chi connectivity index (χ3n) is 3.25. The zero-order chi connectivity index (χ0) is 15.4. The lowest BCUT2D eigenvalue weighted by Crippen LogP contribution is -2.11. The Balaban J connectivity index is 2.30. The van der Waals surface area contributed by atoms with Crippen LogP contribution in [0.2, 0.25) is 0 Å². The number of nitrogens with one attached hydrogen (secondary N) is 1. The first-order chi connectivity index (χ1) is 9.99. The normalized spacial score (nSPS) is 12.3. The minimum Gasteiger partial charge on any atom is -0.454 e. The number of H-pyrrole nitrogens is 1. The number of esters is 1. The Kier molecular flexibility index (Phi) is 4.59. The lowest BCUT2D eigenvalue weighted by Gasteiger charge is -2.15. The number of imidazole rings is 1. The van der Waals surface area contributed by atoms with Crippen LogP contribution in [0.25, 0.3) is 11.0 Å². The van der Waals surface area contributed by atoms with Gasteiger partial charge in [0, 0.05) is 6.92 Å². The van der Waals surface area contributed by atoms with Gasteiger partial charge in [0.2, 0.25) is 0 Å². The Morgan fingerprint density at radius 3 is 2.81 bits per heavy atom. The molecule has 21 heavy (non-hydrogen) atoms. The summed E-state index contributed by atoms with van der Waals surface area (Å²) in [6.45, 7) is 5.66. The summed E-state index contributed by atoms with van der Waals surface area (Å²) in [5.41, 5.74) is 2.11. The predicted molar refractivity (Wildman–Crippen MR) is 79.4 cm³/mol. The molecule has 0 spiro atoms. The number of carbonyl (C=O) groups excluding carboxylic acids is 1. The number of nitrogens with zero attached hydrogens (tertiary/aromatic N) is 2. The third-order valence-corrected chi connectivity index (χ3v) is 3.25. The molecule has 0 amide bonds. The number of hydrogen-bond acceptors (Lipinski definition) is 4. The Bertz CT molecular complexity index is 682. The van der Waals surface area contributed by atoms with Crippen LogP contribution in [0.4, 0.5) is 0 Å². The van der Waals surface area contributed by atoms with Gasteiger partial charge in [-0.15, -0.1) is 0 Å². The molecule has 1 N–H and O–H groups in total. The van der Waals surface area contributed by atoms with Crippen molar-refractivity contribution in [2.45, 2.75) is 39.7 Å². The highest BCUT2D eigenvalue weighted by Gasteiger charge is 2.19. The number of aromatic nitrogens is 2. The second-order valence-corrected chi connectivity index (χ2v) is 5.54. The van der Waals surface area contributed by atoms with Crippen molar-refractivity contribution in [3.63, 3.8) is 0 Å². The van der Waals surface area contributed by atoms with E-state index in [2.05, 4.69) is 29.9 Å². The summed E-state index contributed by atoms with van der Waals surface area (Å²) in [5.74, 6) is 0.843. The highest BCUT2D eigenvalue weighted by atomic mass is 16.5. The molecule has 0 bridgehead atoms. The molecule has 0 aliphatic heterocycles. The number of aromatic amines is 1. The summed E-state index contributed by atoms with van der Waals surface area (Å²) in [7, 11) is 0. The molecule has 0 saturated heterocycles. The van der Waals surface area contributed by atoms with Crippen molar-refractivity contribution < 1.29 is 9.53 Å².